The van der Waals surface area contributed by atoms with Crippen molar-refractivity contribution in [2.75, 3.05) is 19.1 Å². The Bertz CT molecular complexity index is 389. The minimum Gasteiger partial charge on any atom is -0.497 e. The molecule has 1 unspecified atom stereocenters. The minimum atomic E-state index is -0.456. The van der Waals surface area contributed by atoms with E-state index in [2.05, 4.69) is 0 Å². The lowest BCUT2D eigenvalue weighted by molar-refractivity contribution is -0.120. The fourth-order valence-electron chi connectivity index (χ4n) is 1.65. The fourth-order valence-corrected chi connectivity index (χ4v) is 1.65. The molecule has 0 aliphatic carbocycles. The number of carbonyl (C=O) groups is 1. The van der Waals surface area contributed by atoms with E-state index in [0.29, 0.717) is 0 Å². The highest BCUT2D eigenvalue weighted by atomic mass is 16.5. The molecule has 0 bridgehead atoms. The lowest BCUT2D eigenvalue weighted by Crippen LogP contribution is -2.45. The SMILES string of the molecule is CCC(C)[C@H](N)C(=O)N(C)c1ccc(OC)cc1. The molecule has 1 rings (SSSR count). The van der Waals surface area contributed by atoms with Gasteiger partial charge in [-0.1, -0.05) is 20.3 Å². The number of likely N-dealkylation sites (N-methyl/N-ethyl adjacent to an activating group) is 1. The van der Waals surface area contributed by atoms with E-state index in [-0.39, 0.29) is 11.8 Å². The van der Waals surface area contributed by atoms with Crippen molar-refractivity contribution in [1.29, 1.82) is 0 Å². The van der Waals surface area contributed by atoms with Crippen molar-refractivity contribution in [2.45, 2.75) is 26.3 Å². The number of ether oxygens (including phenoxy) is 1. The van der Waals surface area contributed by atoms with Crippen molar-refractivity contribution < 1.29 is 9.53 Å². The maximum absolute atomic E-state index is 12.2. The van der Waals surface area contributed by atoms with Crippen LogP contribution in [0.25, 0.3) is 0 Å². The van der Waals surface area contributed by atoms with Crippen molar-refractivity contribution in [2.24, 2.45) is 11.7 Å². The number of hydrogen-bond donors (Lipinski definition) is 1. The van der Waals surface area contributed by atoms with E-state index in [0.717, 1.165) is 17.9 Å². The van der Waals surface area contributed by atoms with Crippen molar-refractivity contribution in [1.82, 2.24) is 0 Å². The second-order valence-electron chi connectivity index (χ2n) is 4.51. The molecule has 0 heterocycles. The average Bonchev–Trinajstić information content (AvgIpc) is 2.44. The van der Waals surface area contributed by atoms with E-state index < -0.39 is 6.04 Å². The van der Waals surface area contributed by atoms with Gasteiger partial charge in [0.05, 0.1) is 13.2 Å². The quantitative estimate of drug-likeness (QED) is 0.870. The zero-order valence-corrected chi connectivity index (χ0v) is 11.5. The number of benzene rings is 1. The first-order chi connectivity index (χ1) is 8.51. The number of carbonyl (C=O) groups excluding carboxylic acids is 1. The van der Waals surface area contributed by atoms with Crippen molar-refractivity contribution in [3.63, 3.8) is 0 Å². The van der Waals surface area contributed by atoms with E-state index >= 15 is 0 Å². The molecule has 1 aromatic rings. The molecule has 0 fully saturated rings. The standard InChI is InChI=1S/C14H22N2O2/c1-5-10(2)13(15)14(17)16(3)11-6-8-12(18-4)9-7-11/h6-10,13H,5,15H2,1-4H3/t10?,13-/m0/s1. The molecule has 0 spiro atoms. The minimum absolute atomic E-state index is 0.0606. The van der Waals surface area contributed by atoms with Gasteiger partial charge in [0.25, 0.3) is 0 Å². The molecular formula is C14H22N2O2. The van der Waals surface area contributed by atoms with Crippen LogP contribution in [0, 0.1) is 5.92 Å². The lowest BCUT2D eigenvalue weighted by Gasteiger charge is -2.24. The van der Waals surface area contributed by atoms with Gasteiger partial charge in [-0.3, -0.25) is 4.79 Å². The van der Waals surface area contributed by atoms with Crippen LogP contribution in [-0.4, -0.2) is 26.1 Å². The molecule has 0 saturated carbocycles. The normalized spacial score (nSPS) is 13.8. The summed E-state index contributed by atoms with van der Waals surface area (Å²) in [7, 11) is 3.36. The number of hydrogen-bond acceptors (Lipinski definition) is 3. The van der Waals surface area contributed by atoms with Crippen LogP contribution in [0.2, 0.25) is 0 Å². The summed E-state index contributed by atoms with van der Waals surface area (Å²) in [5.41, 5.74) is 6.77. The smallest absolute Gasteiger partial charge is 0.243 e. The Labute approximate surface area is 109 Å². The molecule has 2 atom stereocenters. The first-order valence-corrected chi connectivity index (χ1v) is 6.18. The lowest BCUT2D eigenvalue weighted by atomic mass is 9.99. The van der Waals surface area contributed by atoms with Gasteiger partial charge in [-0.15, -0.1) is 0 Å². The molecule has 1 amide bonds. The zero-order chi connectivity index (χ0) is 13.7. The van der Waals surface area contributed by atoms with Crippen molar-refractivity contribution >= 4 is 11.6 Å². The van der Waals surface area contributed by atoms with Crippen LogP contribution < -0.4 is 15.4 Å². The second kappa shape index (κ2) is 6.40. The van der Waals surface area contributed by atoms with Gasteiger partial charge in [0.15, 0.2) is 0 Å². The topological polar surface area (TPSA) is 55.6 Å². The number of anilines is 1. The largest absolute Gasteiger partial charge is 0.497 e. The predicted molar refractivity (Wildman–Crippen MR) is 73.8 cm³/mol. The Morgan fingerprint density at radius 2 is 1.94 bits per heavy atom. The average molecular weight is 250 g/mol. The summed E-state index contributed by atoms with van der Waals surface area (Å²) in [6.45, 7) is 4.02. The van der Waals surface area contributed by atoms with Crippen LogP contribution in [0.1, 0.15) is 20.3 Å². The maximum Gasteiger partial charge on any atom is 0.243 e. The summed E-state index contributed by atoms with van der Waals surface area (Å²) in [5, 5.41) is 0. The first-order valence-electron chi connectivity index (χ1n) is 6.18. The number of nitrogens with zero attached hydrogens (tertiary/aromatic N) is 1. The first kappa shape index (κ1) is 14.5. The van der Waals surface area contributed by atoms with Crippen LogP contribution >= 0.6 is 0 Å². The number of rotatable bonds is 5. The molecule has 0 radical (unpaired) electrons. The Hall–Kier alpha value is -1.55. The van der Waals surface area contributed by atoms with Crippen LogP contribution in [-0.2, 0) is 4.79 Å². The molecule has 0 aliphatic heterocycles. The van der Waals surface area contributed by atoms with E-state index in [1.54, 1.807) is 19.1 Å². The summed E-state index contributed by atoms with van der Waals surface area (Å²) in [6, 6.07) is 6.89. The maximum atomic E-state index is 12.2. The molecule has 0 saturated heterocycles. The number of methoxy groups -OCH3 is 1. The van der Waals surface area contributed by atoms with Crippen LogP contribution in [0.4, 0.5) is 5.69 Å². The molecule has 4 heteroatoms. The summed E-state index contributed by atoms with van der Waals surface area (Å²) >= 11 is 0. The molecule has 4 nitrogen and oxygen atoms in total. The summed E-state index contributed by atoms with van der Waals surface area (Å²) in [5.74, 6) is 0.888. The molecule has 0 aliphatic rings. The molecule has 2 N–H and O–H groups in total. The van der Waals surface area contributed by atoms with Crippen molar-refractivity contribution in [3.05, 3.63) is 24.3 Å². The van der Waals surface area contributed by atoms with Gasteiger partial charge in [0.2, 0.25) is 5.91 Å². The molecule has 18 heavy (non-hydrogen) atoms. The number of amides is 1. The van der Waals surface area contributed by atoms with Gasteiger partial charge in [0.1, 0.15) is 5.75 Å². The Kier molecular flexibility index (Phi) is 5.16. The fraction of sp³-hybridized carbons (Fsp3) is 0.500. The Balaban J connectivity index is 2.79. The Morgan fingerprint density at radius 3 is 2.39 bits per heavy atom. The van der Waals surface area contributed by atoms with Gasteiger partial charge in [-0.2, -0.15) is 0 Å². The highest BCUT2D eigenvalue weighted by Crippen LogP contribution is 2.19. The van der Waals surface area contributed by atoms with Gasteiger partial charge in [-0.05, 0) is 30.2 Å². The summed E-state index contributed by atoms with van der Waals surface area (Å²) in [4.78, 5) is 13.8. The zero-order valence-electron chi connectivity index (χ0n) is 11.5. The van der Waals surface area contributed by atoms with Gasteiger partial charge in [0, 0.05) is 12.7 Å². The molecule has 100 valence electrons. The Morgan fingerprint density at radius 1 is 1.39 bits per heavy atom. The van der Waals surface area contributed by atoms with Gasteiger partial charge >= 0.3 is 0 Å². The third-order valence-electron chi connectivity index (χ3n) is 3.33. The molecule has 1 aromatic carbocycles. The molecule has 0 aromatic heterocycles. The van der Waals surface area contributed by atoms with Crippen LogP contribution in [0.3, 0.4) is 0 Å². The van der Waals surface area contributed by atoms with E-state index in [1.165, 1.54) is 0 Å². The van der Waals surface area contributed by atoms with E-state index in [9.17, 15) is 4.79 Å². The summed E-state index contributed by atoms with van der Waals surface area (Å²) < 4.78 is 5.08. The third-order valence-corrected chi connectivity index (χ3v) is 3.33. The second-order valence-corrected chi connectivity index (χ2v) is 4.51. The number of nitrogens with two attached hydrogens (primary N) is 1. The molecular weight excluding hydrogens is 228 g/mol. The highest BCUT2D eigenvalue weighted by molar-refractivity contribution is 5.96. The van der Waals surface area contributed by atoms with Gasteiger partial charge in [-0.25, -0.2) is 0 Å². The highest BCUT2D eigenvalue weighted by Gasteiger charge is 2.23. The monoisotopic (exact) mass is 250 g/mol. The van der Waals surface area contributed by atoms with E-state index in [1.807, 2.05) is 38.1 Å². The van der Waals surface area contributed by atoms with Gasteiger partial charge < -0.3 is 15.4 Å². The van der Waals surface area contributed by atoms with Crippen LogP contribution in [0.5, 0.6) is 5.75 Å². The summed E-state index contributed by atoms with van der Waals surface area (Å²) in [6.07, 6.45) is 0.892. The third kappa shape index (κ3) is 3.23. The van der Waals surface area contributed by atoms with E-state index in [4.69, 9.17) is 10.5 Å². The van der Waals surface area contributed by atoms with Crippen LogP contribution in [0.15, 0.2) is 24.3 Å². The predicted octanol–water partition coefficient (Wildman–Crippen LogP) is 2.03. The van der Waals surface area contributed by atoms with Crippen molar-refractivity contribution in [3.8, 4) is 5.75 Å².